The molecule has 0 radical (unpaired) electrons. The smallest absolute Gasteiger partial charge is 0.0569 e. The third-order valence-corrected chi connectivity index (χ3v) is 12.3. The molecular weight excluding hydrogens is 651 g/mol. The Hall–Kier alpha value is -6.18. The Morgan fingerprint density at radius 1 is 0.389 bits per heavy atom. The van der Waals surface area contributed by atoms with Crippen molar-refractivity contribution in [1.29, 1.82) is 0 Å². The van der Waals surface area contributed by atoms with Crippen molar-refractivity contribution in [3.63, 3.8) is 0 Å². The Bertz CT molecular complexity index is 2780. The molecule has 54 heavy (non-hydrogen) atoms. The fourth-order valence-electron chi connectivity index (χ4n) is 9.59. The highest BCUT2D eigenvalue weighted by Crippen LogP contribution is 2.57. The van der Waals surface area contributed by atoms with Crippen molar-refractivity contribution in [3.05, 3.63) is 198 Å². The van der Waals surface area contributed by atoms with Gasteiger partial charge in [-0.3, -0.25) is 0 Å². The zero-order valence-corrected chi connectivity index (χ0v) is 31.6. The molecular formula is C53H43N. The Kier molecular flexibility index (Phi) is 7.17. The van der Waals surface area contributed by atoms with Gasteiger partial charge in [0.05, 0.1) is 11.4 Å². The van der Waals surface area contributed by atoms with Gasteiger partial charge in [0.1, 0.15) is 0 Å². The number of aryl methyl sites for hydroxylation is 1. The lowest BCUT2D eigenvalue weighted by molar-refractivity contribution is 0.660. The maximum Gasteiger partial charge on any atom is 0.0569 e. The first-order valence-electron chi connectivity index (χ1n) is 19.2. The van der Waals surface area contributed by atoms with Gasteiger partial charge in [-0.2, -0.15) is 0 Å². The summed E-state index contributed by atoms with van der Waals surface area (Å²) in [6.07, 6.45) is 0. The van der Waals surface area contributed by atoms with Crippen LogP contribution in [0.5, 0.6) is 0 Å². The van der Waals surface area contributed by atoms with Gasteiger partial charge < -0.3 is 4.90 Å². The molecule has 0 saturated carbocycles. The molecule has 0 spiro atoms. The van der Waals surface area contributed by atoms with Crippen LogP contribution in [-0.2, 0) is 10.8 Å². The molecule has 0 saturated heterocycles. The van der Waals surface area contributed by atoms with Gasteiger partial charge in [-0.05, 0) is 115 Å². The second kappa shape index (κ2) is 11.9. The van der Waals surface area contributed by atoms with Crippen LogP contribution in [0.3, 0.4) is 0 Å². The molecule has 0 aromatic heterocycles. The molecule has 1 heteroatoms. The highest BCUT2D eigenvalue weighted by Gasteiger charge is 2.39. The largest absolute Gasteiger partial charge is 0.309 e. The minimum absolute atomic E-state index is 0.122. The number of hydrogen-bond donors (Lipinski definition) is 0. The third kappa shape index (κ3) is 4.78. The van der Waals surface area contributed by atoms with Crippen LogP contribution >= 0.6 is 0 Å². The molecule has 0 amide bonds. The molecule has 10 rings (SSSR count). The van der Waals surface area contributed by atoms with Gasteiger partial charge in [-0.15, -0.1) is 0 Å². The molecule has 0 atom stereocenters. The first kappa shape index (κ1) is 32.5. The lowest BCUT2D eigenvalue weighted by Crippen LogP contribution is -2.18. The molecule has 0 aliphatic heterocycles. The van der Waals surface area contributed by atoms with Gasteiger partial charge in [-0.25, -0.2) is 0 Å². The van der Waals surface area contributed by atoms with Crippen LogP contribution in [0.15, 0.2) is 170 Å². The van der Waals surface area contributed by atoms with Crippen molar-refractivity contribution in [1.82, 2.24) is 0 Å². The quantitative estimate of drug-likeness (QED) is 0.173. The van der Waals surface area contributed by atoms with E-state index in [1.807, 2.05) is 0 Å². The van der Waals surface area contributed by atoms with Crippen LogP contribution in [0.25, 0.3) is 55.3 Å². The van der Waals surface area contributed by atoms with E-state index in [0.717, 1.165) is 0 Å². The highest BCUT2D eigenvalue weighted by atomic mass is 15.2. The molecule has 0 bridgehead atoms. The van der Waals surface area contributed by atoms with E-state index in [1.165, 1.54) is 100 Å². The van der Waals surface area contributed by atoms with Gasteiger partial charge in [0.15, 0.2) is 0 Å². The number of nitrogens with zero attached hydrogens (tertiary/aromatic N) is 1. The number of rotatable bonds is 5. The molecule has 0 unspecified atom stereocenters. The first-order valence-corrected chi connectivity index (χ1v) is 19.2. The first-order chi connectivity index (χ1) is 26.2. The number of fused-ring (bicyclic) bond motifs is 7. The van der Waals surface area contributed by atoms with Crippen LogP contribution in [0.4, 0.5) is 17.1 Å². The number of anilines is 3. The fraction of sp³-hybridized carbons (Fsp3) is 0.132. The molecule has 0 N–H and O–H groups in total. The summed E-state index contributed by atoms with van der Waals surface area (Å²) in [7, 11) is 0. The maximum atomic E-state index is 2.59. The second-order valence-electron chi connectivity index (χ2n) is 16.2. The number of hydrogen-bond acceptors (Lipinski definition) is 1. The monoisotopic (exact) mass is 693 g/mol. The Balaban J connectivity index is 1.30. The summed E-state index contributed by atoms with van der Waals surface area (Å²) in [4.78, 5) is 2.59. The van der Waals surface area contributed by atoms with Crippen LogP contribution in [0.1, 0.15) is 55.5 Å². The van der Waals surface area contributed by atoms with Crippen molar-refractivity contribution in [2.24, 2.45) is 0 Å². The normalized spacial score (nSPS) is 14.3. The lowest BCUT2D eigenvalue weighted by atomic mass is 9.82. The highest BCUT2D eigenvalue weighted by molar-refractivity contribution is 6.01. The van der Waals surface area contributed by atoms with Gasteiger partial charge in [-0.1, -0.05) is 161 Å². The minimum Gasteiger partial charge on any atom is -0.309 e. The molecule has 260 valence electrons. The summed E-state index contributed by atoms with van der Waals surface area (Å²) in [5.74, 6) is 0. The van der Waals surface area contributed by atoms with Crippen molar-refractivity contribution < 1.29 is 0 Å². The van der Waals surface area contributed by atoms with Crippen molar-refractivity contribution in [3.8, 4) is 44.5 Å². The summed E-state index contributed by atoms with van der Waals surface area (Å²) in [6, 6.07) is 63.4. The van der Waals surface area contributed by atoms with E-state index in [4.69, 9.17) is 0 Å². The van der Waals surface area contributed by atoms with Crippen LogP contribution in [-0.4, -0.2) is 0 Å². The van der Waals surface area contributed by atoms with Crippen molar-refractivity contribution in [2.75, 3.05) is 4.90 Å². The zero-order valence-electron chi connectivity index (χ0n) is 31.6. The van der Waals surface area contributed by atoms with Gasteiger partial charge in [0, 0.05) is 27.6 Å². The van der Waals surface area contributed by atoms with Crippen molar-refractivity contribution >= 4 is 27.8 Å². The fourth-order valence-corrected chi connectivity index (χ4v) is 9.59. The van der Waals surface area contributed by atoms with E-state index < -0.39 is 0 Å². The van der Waals surface area contributed by atoms with E-state index in [9.17, 15) is 0 Å². The van der Waals surface area contributed by atoms with Crippen LogP contribution in [0.2, 0.25) is 0 Å². The second-order valence-corrected chi connectivity index (χ2v) is 16.2. The van der Waals surface area contributed by atoms with E-state index in [1.54, 1.807) is 0 Å². The SMILES string of the molecule is Cc1cc(-c2ccccc2)cc(-c2ccc3ccccc3c2)c1N(c1ccc2c(c1)C(C)(C)c1ccccc1-2)c1cccc2c1-c1ccccc1C2(C)C. The standard InChI is InChI=1S/C53H43N/c1-34-30-39(35-16-7-6-8-17-35)32-44(38-27-26-36-18-9-10-19-37(36)31-38)51(34)54(40-28-29-42-41-20-11-13-22-45(41)53(4,5)48(42)33-40)49-25-15-24-47-50(49)43-21-12-14-23-46(43)52(47,2)3/h6-33H,1-5H3. The molecule has 8 aromatic rings. The molecule has 0 heterocycles. The molecule has 0 fully saturated rings. The molecule has 8 aromatic carbocycles. The van der Waals surface area contributed by atoms with Crippen LogP contribution in [0, 0.1) is 6.92 Å². The van der Waals surface area contributed by atoms with Crippen LogP contribution < -0.4 is 4.90 Å². The molecule has 2 aliphatic rings. The Labute approximate surface area is 319 Å². The van der Waals surface area contributed by atoms with E-state index in [0.29, 0.717) is 0 Å². The predicted octanol–water partition coefficient (Wildman–Crippen LogP) is 14.6. The van der Waals surface area contributed by atoms with E-state index in [-0.39, 0.29) is 10.8 Å². The maximum absolute atomic E-state index is 2.59. The average molecular weight is 694 g/mol. The van der Waals surface area contributed by atoms with Crippen molar-refractivity contribution in [2.45, 2.75) is 45.4 Å². The summed E-state index contributed by atoms with van der Waals surface area (Å²) in [6.45, 7) is 11.8. The van der Waals surface area contributed by atoms with E-state index in [2.05, 4.69) is 209 Å². The predicted molar refractivity (Wildman–Crippen MR) is 229 cm³/mol. The summed E-state index contributed by atoms with van der Waals surface area (Å²) >= 11 is 0. The number of benzene rings is 8. The summed E-state index contributed by atoms with van der Waals surface area (Å²) < 4.78 is 0. The van der Waals surface area contributed by atoms with Gasteiger partial charge >= 0.3 is 0 Å². The average Bonchev–Trinajstić information content (AvgIpc) is 3.58. The van der Waals surface area contributed by atoms with E-state index >= 15 is 0 Å². The topological polar surface area (TPSA) is 3.24 Å². The summed E-state index contributed by atoms with van der Waals surface area (Å²) in [5.41, 5.74) is 20.2. The lowest BCUT2D eigenvalue weighted by Gasteiger charge is -2.33. The Morgan fingerprint density at radius 2 is 1.02 bits per heavy atom. The third-order valence-electron chi connectivity index (χ3n) is 12.3. The zero-order chi connectivity index (χ0) is 36.8. The summed E-state index contributed by atoms with van der Waals surface area (Å²) in [5, 5.41) is 2.49. The van der Waals surface area contributed by atoms with Gasteiger partial charge in [0.2, 0.25) is 0 Å². The Morgan fingerprint density at radius 3 is 1.81 bits per heavy atom. The molecule has 1 nitrogen and oxygen atoms in total. The molecule has 2 aliphatic carbocycles. The van der Waals surface area contributed by atoms with Gasteiger partial charge in [0.25, 0.3) is 0 Å². The minimum atomic E-state index is -0.131.